The fourth-order valence-corrected chi connectivity index (χ4v) is 5.37. The Morgan fingerprint density at radius 2 is 1.83 bits per heavy atom. The van der Waals surface area contributed by atoms with Gasteiger partial charge in [-0.25, -0.2) is 0 Å². The van der Waals surface area contributed by atoms with E-state index in [0.717, 1.165) is 23.7 Å². The first kappa shape index (κ1) is 17.2. The molecule has 0 radical (unpaired) electrons. The standard InChI is InChI=1S/C16H28OSi/c1-8-13-16(7,14-15(6)9-2)17-18(10-3,11-4)12-5/h1,9,14H,2,10-13H2,3-7H3/b15-14+/t16-/m1/s1. The van der Waals surface area contributed by atoms with Crippen LogP contribution in [0, 0.1) is 12.3 Å². The van der Waals surface area contributed by atoms with Crippen LogP contribution in [0.5, 0.6) is 0 Å². The monoisotopic (exact) mass is 264 g/mol. The first-order chi connectivity index (χ1) is 8.40. The number of rotatable bonds is 8. The molecular formula is C16H28OSi. The summed E-state index contributed by atoms with van der Waals surface area (Å²) in [4.78, 5) is 0. The lowest BCUT2D eigenvalue weighted by Gasteiger charge is -2.38. The van der Waals surface area contributed by atoms with E-state index in [1.54, 1.807) is 0 Å². The average Bonchev–Trinajstić information content (AvgIpc) is 2.36. The lowest BCUT2D eigenvalue weighted by Crippen LogP contribution is -2.45. The van der Waals surface area contributed by atoms with Crippen molar-refractivity contribution in [2.45, 2.75) is 64.8 Å². The van der Waals surface area contributed by atoms with Crippen LogP contribution in [0.25, 0.3) is 0 Å². The molecule has 2 heteroatoms. The first-order valence-corrected chi connectivity index (χ1v) is 9.39. The van der Waals surface area contributed by atoms with Crippen LogP contribution in [-0.4, -0.2) is 13.9 Å². The van der Waals surface area contributed by atoms with Gasteiger partial charge in [0.1, 0.15) is 0 Å². The summed E-state index contributed by atoms with van der Waals surface area (Å²) < 4.78 is 6.56. The molecule has 0 spiro atoms. The van der Waals surface area contributed by atoms with Crippen LogP contribution >= 0.6 is 0 Å². The molecule has 102 valence electrons. The molecule has 0 aromatic carbocycles. The van der Waals surface area contributed by atoms with Crippen molar-refractivity contribution in [1.82, 2.24) is 0 Å². The maximum Gasteiger partial charge on any atom is 0.193 e. The van der Waals surface area contributed by atoms with Gasteiger partial charge < -0.3 is 4.43 Å². The summed E-state index contributed by atoms with van der Waals surface area (Å²) in [7, 11) is -1.64. The van der Waals surface area contributed by atoms with E-state index in [1.165, 1.54) is 0 Å². The van der Waals surface area contributed by atoms with Gasteiger partial charge in [0.2, 0.25) is 0 Å². The maximum atomic E-state index is 6.56. The number of allylic oxidation sites excluding steroid dienone is 2. The summed E-state index contributed by atoms with van der Waals surface area (Å²) >= 11 is 0. The van der Waals surface area contributed by atoms with Gasteiger partial charge in [-0.1, -0.05) is 45.1 Å². The van der Waals surface area contributed by atoms with E-state index in [0.29, 0.717) is 6.42 Å². The van der Waals surface area contributed by atoms with Gasteiger partial charge in [-0.2, -0.15) is 0 Å². The quantitative estimate of drug-likeness (QED) is 0.343. The van der Waals surface area contributed by atoms with Crippen LogP contribution in [0.3, 0.4) is 0 Å². The Balaban J connectivity index is 5.25. The molecule has 1 atom stereocenters. The molecule has 0 aliphatic rings. The highest BCUT2D eigenvalue weighted by Gasteiger charge is 2.36. The minimum Gasteiger partial charge on any atom is -0.407 e. The molecule has 18 heavy (non-hydrogen) atoms. The first-order valence-electron chi connectivity index (χ1n) is 6.86. The highest BCUT2D eigenvalue weighted by Crippen LogP contribution is 2.31. The molecule has 0 heterocycles. The van der Waals surface area contributed by atoms with Crippen molar-refractivity contribution >= 4 is 8.32 Å². The van der Waals surface area contributed by atoms with Crippen LogP contribution in [0.1, 0.15) is 41.0 Å². The van der Waals surface area contributed by atoms with E-state index in [1.807, 2.05) is 13.0 Å². The minimum atomic E-state index is -1.64. The van der Waals surface area contributed by atoms with Crippen molar-refractivity contribution in [2.24, 2.45) is 0 Å². The lowest BCUT2D eigenvalue weighted by molar-refractivity contribution is 0.131. The second-order valence-corrected chi connectivity index (χ2v) is 9.82. The highest BCUT2D eigenvalue weighted by atomic mass is 28.4. The van der Waals surface area contributed by atoms with E-state index in [9.17, 15) is 0 Å². The summed E-state index contributed by atoms with van der Waals surface area (Å²) in [6.07, 6.45) is 10.1. The fraction of sp³-hybridized carbons (Fsp3) is 0.625. The molecule has 0 saturated heterocycles. The Kier molecular flexibility index (Phi) is 7.28. The summed E-state index contributed by atoms with van der Waals surface area (Å²) in [5.41, 5.74) is 0.778. The van der Waals surface area contributed by atoms with E-state index >= 15 is 0 Å². The van der Waals surface area contributed by atoms with Crippen molar-refractivity contribution in [2.75, 3.05) is 0 Å². The summed E-state index contributed by atoms with van der Waals surface area (Å²) in [5.74, 6) is 2.75. The van der Waals surface area contributed by atoms with Crippen LogP contribution in [0.4, 0.5) is 0 Å². The van der Waals surface area contributed by atoms with Crippen LogP contribution in [-0.2, 0) is 4.43 Å². The predicted molar refractivity (Wildman–Crippen MR) is 84.1 cm³/mol. The smallest absolute Gasteiger partial charge is 0.193 e. The Bertz CT molecular complexity index is 325. The van der Waals surface area contributed by atoms with Crippen molar-refractivity contribution in [3.8, 4) is 12.3 Å². The molecule has 0 saturated carbocycles. The molecule has 0 aromatic rings. The van der Waals surface area contributed by atoms with Crippen molar-refractivity contribution < 1.29 is 4.43 Å². The van der Waals surface area contributed by atoms with Gasteiger partial charge in [0.25, 0.3) is 0 Å². The van der Waals surface area contributed by atoms with Gasteiger partial charge in [0.15, 0.2) is 8.32 Å². The molecule has 0 aliphatic heterocycles. The highest BCUT2D eigenvalue weighted by molar-refractivity contribution is 6.73. The topological polar surface area (TPSA) is 9.23 Å². The molecule has 0 amide bonds. The number of hydrogen-bond donors (Lipinski definition) is 0. The lowest BCUT2D eigenvalue weighted by atomic mass is 10.00. The second-order valence-electron chi connectivity index (χ2n) is 5.13. The summed E-state index contributed by atoms with van der Waals surface area (Å²) in [5, 5.41) is 0. The van der Waals surface area contributed by atoms with Gasteiger partial charge in [-0.05, 0) is 32.0 Å². The van der Waals surface area contributed by atoms with E-state index in [2.05, 4.69) is 46.3 Å². The third-order valence-corrected chi connectivity index (χ3v) is 8.46. The molecule has 0 N–H and O–H groups in total. The minimum absolute atomic E-state index is 0.346. The van der Waals surface area contributed by atoms with E-state index in [4.69, 9.17) is 10.8 Å². The number of terminal acetylenes is 1. The van der Waals surface area contributed by atoms with E-state index < -0.39 is 8.32 Å². The fourth-order valence-electron chi connectivity index (χ4n) is 2.32. The van der Waals surface area contributed by atoms with Gasteiger partial charge in [0.05, 0.1) is 5.60 Å². The molecular weight excluding hydrogens is 236 g/mol. The zero-order valence-corrected chi connectivity index (χ0v) is 13.7. The molecule has 0 aliphatic carbocycles. The Morgan fingerprint density at radius 3 is 2.17 bits per heavy atom. The largest absolute Gasteiger partial charge is 0.407 e. The predicted octanol–water partition coefficient (Wildman–Crippen LogP) is 4.92. The molecule has 0 fully saturated rings. The number of hydrogen-bond acceptors (Lipinski definition) is 1. The molecule has 0 rings (SSSR count). The van der Waals surface area contributed by atoms with Gasteiger partial charge in [0, 0.05) is 6.42 Å². The molecule has 0 bridgehead atoms. The third kappa shape index (κ3) is 4.84. The van der Waals surface area contributed by atoms with Gasteiger partial charge >= 0.3 is 0 Å². The van der Waals surface area contributed by atoms with Crippen LogP contribution < -0.4 is 0 Å². The second kappa shape index (κ2) is 7.61. The van der Waals surface area contributed by atoms with Crippen molar-refractivity contribution in [1.29, 1.82) is 0 Å². The maximum absolute atomic E-state index is 6.56. The van der Waals surface area contributed by atoms with E-state index in [-0.39, 0.29) is 5.60 Å². The van der Waals surface area contributed by atoms with Crippen LogP contribution in [0.2, 0.25) is 18.1 Å². The molecule has 0 aromatic heterocycles. The van der Waals surface area contributed by atoms with Gasteiger partial charge in [-0.3, -0.25) is 0 Å². The average molecular weight is 264 g/mol. The van der Waals surface area contributed by atoms with Gasteiger partial charge in [-0.15, -0.1) is 12.3 Å². The summed E-state index contributed by atoms with van der Waals surface area (Å²) in [6, 6.07) is 3.42. The third-order valence-electron chi connectivity index (χ3n) is 3.69. The normalized spacial score (nSPS) is 15.9. The summed E-state index contributed by atoms with van der Waals surface area (Å²) in [6.45, 7) is 14.6. The van der Waals surface area contributed by atoms with Crippen molar-refractivity contribution in [3.63, 3.8) is 0 Å². The zero-order valence-electron chi connectivity index (χ0n) is 12.7. The Labute approximate surface area is 114 Å². The molecule has 1 nitrogen and oxygen atoms in total. The SMILES string of the molecule is C#CC[C@](C)(/C=C(\C)C=C)O[Si](CC)(CC)CC. The van der Waals surface area contributed by atoms with Crippen molar-refractivity contribution in [3.05, 3.63) is 24.3 Å². The Morgan fingerprint density at radius 1 is 1.33 bits per heavy atom. The zero-order chi connectivity index (χ0) is 14.2. The Hall–Kier alpha value is -0.783. The van der Waals surface area contributed by atoms with Crippen LogP contribution in [0.15, 0.2) is 24.3 Å². The molecule has 0 unspecified atom stereocenters.